The molecule has 6 heteroatoms. The van der Waals surface area contributed by atoms with Crippen molar-refractivity contribution in [3.05, 3.63) is 29.6 Å². The lowest BCUT2D eigenvalue weighted by atomic mass is 10.0. The second-order valence-corrected chi connectivity index (χ2v) is 4.32. The first-order chi connectivity index (χ1) is 7.36. The predicted molar refractivity (Wildman–Crippen MR) is 56.9 cm³/mol. The van der Waals surface area contributed by atoms with Crippen LogP contribution in [-0.2, 0) is 11.6 Å². The van der Waals surface area contributed by atoms with Crippen LogP contribution < -0.4 is 5.73 Å². The van der Waals surface area contributed by atoms with Crippen LogP contribution in [0, 0.1) is 0 Å². The van der Waals surface area contributed by atoms with Crippen LogP contribution in [0.2, 0.25) is 0 Å². The van der Waals surface area contributed by atoms with Crippen LogP contribution in [0.15, 0.2) is 18.3 Å². The number of rotatable bonds is 2. The number of hydrogen-bond donors (Lipinski definition) is 1. The summed E-state index contributed by atoms with van der Waals surface area (Å²) in [5, 5.41) is 0. The van der Waals surface area contributed by atoms with Gasteiger partial charge in [0.1, 0.15) is 0 Å². The first kappa shape index (κ1) is 11.3. The Labute approximate surface area is 95.7 Å². The fourth-order valence-electron chi connectivity index (χ4n) is 1.60. The Kier molecular flexibility index (Phi) is 2.41. The summed E-state index contributed by atoms with van der Waals surface area (Å²) in [6.07, 6.45) is -2.00. The van der Waals surface area contributed by atoms with Crippen LogP contribution in [-0.4, -0.2) is 9.97 Å². The molecule has 1 aliphatic rings. The summed E-state index contributed by atoms with van der Waals surface area (Å²) in [5.41, 5.74) is 4.88. The monoisotopic (exact) mass is 246 g/mol. The van der Waals surface area contributed by atoms with Gasteiger partial charge in [-0.15, -0.1) is 0 Å². The standard InChI is InChI=1S/C10H9F3N2S/c11-10(12,13)6-1-2-7(15-5-6)9(3-4-9)8(14)16/h1-2,5H,3-4H2,(H2,14,16). The summed E-state index contributed by atoms with van der Waals surface area (Å²) >= 11 is 4.90. The second-order valence-electron chi connectivity index (χ2n) is 3.88. The third kappa shape index (κ3) is 1.77. The molecule has 86 valence electrons. The molecule has 0 unspecified atom stereocenters. The van der Waals surface area contributed by atoms with Gasteiger partial charge in [0.15, 0.2) is 0 Å². The van der Waals surface area contributed by atoms with Crippen molar-refractivity contribution in [1.29, 1.82) is 0 Å². The average Bonchev–Trinajstić information content (AvgIpc) is 2.97. The molecule has 1 aromatic heterocycles. The van der Waals surface area contributed by atoms with E-state index in [-0.39, 0.29) is 0 Å². The minimum Gasteiger partial charge on any atom is -0.393 e. The molecule has 2 rings (SSSR count). The molecule has 0 atom stereocenters. The second kappa shape index (κ2) is 3.41. The normalized spacial score (nSPS) is 18.2. The van der Waals surface area contributed by atoms with Crippen molar-refractivity contribution in [1.82, 2.24) is 4.98 Å². The minimum absolute atomic E-state index is 0.305. The van der Waals surface area contributed by atoms with Crippen molar-refractivity contribution >= 4 is 17.2 Å². The van der Waals surface area contributed by atoms with Gasteiger partial charge in [0, 0.05) is 6.20 Å². The summed E-state index contributed by atoms with van der Waals surface area (Å²) in [4.78, 5) is 4.12. The molecular weight excluding hydrogens is 237 g/mol. The Morgan fingerprint density at radius 2 is 2.00 bits per heavy atom. The molecule has 2 N–H and O–H groups in total. The highest BCUT2D eigenvalue weighted by atomic mass is 32.1. The Hall–Kier alpha value is -1.17. The van der Waals surface area contributed by atoms with E-state index in [1.54, 1.807) is 0 Å². The zero-order chi connectivity index (χ0) is 12.0. The van der Waals surface area contributed by atoms with E-state index in [1.807, 2.05) is 0 Å². The number of halogens is 3. The van der Waals surface area contributed by atoms with E-state index in [0.29, 0.717) is 10.7 Å². The molecule has 1 aliphatic carbocycles. The van der Waals surface area contributed by atoms with Gasteiger partial charge in [-0.1, -0.05) is 12.2 Å². The topological polar surface area (TPSA) is 38.9 Å². The van der Waals surface area contributed by atoms with E-state index in [4.69, 9.17) is 18.0 Å². The van der Waals surface area contributed by atoms with Crippen LogP contribution in [0.3, 0.4) is 0 Å². The Bertz CT molecular complexity index is 421. The number of alkyl halides is 3. The average molecular weight is 246 g/mol. The number of pyridine rings is 1. The largest absolute Gasteiger partial charge is 0.417 e. The minimum atomic E-state index is -4.36. The highest BCUT2D eigenvalue weighted by molar-refractivity contribution is 7.80. The van der Waals surface area contributed by atoms with Gasteiger partial charge in [-0.05, 0) is 25.0 Å². The predicted octanol–water partition coefficient (Wildman–Crippen LogP) is 2.42. The lowest BCUT2D eigenvalue weighted by Gasteiger charge is -2.13. The van der Waals surface area contributed by atoms with Crippen molar-refractivity contribution < 1.29 is 13.2 Å². The molecule has 16 heavy (non-hydrogen) atoms. The number of thiocarbonyl (C=S) groups is 1. The van der Waals surface area contributed by atoms with Crippen LogP contribution in [0.1, 0.15) is 24.1 Å². The van der Waals surface area contributed by atoms with Gasteiger partial charge in [-0.25, -0.2) is 0 Å². The molecule has 1 fully saturated rings. The number of nitrogens with two attached hydrogens (primary N) is 1. The van der Waals surface area contributed by atoms with Crippen LogP contribution in [0.25, 0.3) is 0 Å². The van der Waals surface area contributed by atoms with Gasteiger partial charge in [-0.2, -0.15) is 13.2 Å². The zero-order valence-electron chi connectivity index (χ0n) is 8.21. The molecule has 1 heterocycles. The van der Waals surface area contributed by atoms with Crippen LogP contribution in [0.4, 0.5) is 13.2 Å². The summed E-state index contributed by atoms with van der Waals surface area (Å²) in [6.45, 7) is 0. The van der Waals surface area contributed by atoms with E-state index in [9.17, 15) is 13.2 Å². The molecule has 0 bridgehead atoms. The molecule has 0 aromatic carbocycles. The SMILES string of the molecule is NC(=S)C1(c2ccc(C(F)(F)F)cn2)CC1. The summed E-state index contributed by atoms with van der Waals surface area (Å²) in [5.74, 6) is 0. The fourth-order valence-corrected chi connectivity index (χ4v) is 1.91. The van der Waals surface area contributed by atoms with Crippen molar-refractivity contribution in [2.45, 2.75) is 24.4 Å². The molecule has 1 aromatic rings. The molecule has 0 amide bonds. The van der Waals surface area contributed by atoms with Gasteiger partial charge in [0.05, 0.1) is 21.7 Å². The van der Waals surface area contributed by atoms with Gasteiger partial charge in [0.2, 0.25) is 0 Å². The van der Waals surface area contributed by atoms with E-state index in [0.717, 1.165) is 25.1 Å². The number of aromatic nitrogens is 1. The highest BCUT2D eigenvalue weighted by Crippen LogP contribution is 2.47. The van der Waals surface area contributed by atoms with Crippen LogP contribution >= 0.6 is 12.2 Å². The van der Waals surface area contributed by atoms with Gasteiger partial charge < -0.3 is 5.73 Å². The van der Waals surface area contributed by atoms with Gasteiger partial charge in [0.25, 0.3) is 0 Å². The highest BCUT2D eigenvalue weighted by Gasteiger charge is 2.48. The van der Waals surface area contributed by atoms with Crippen LogP contribution in [0.5, 0.6) is 0 Å². The molecular formula is C10H9F3N2S. The maximum Gasteiger partial charge on any atom is 0.417 e. The number of hydrogen-bond acceptors (Lipinski definition) is 2. The third-order valence-corrected chi connectivity index (χ3v) is 3.19. The molecule has 1 saturated carbocycles. The lowest BCUT2D eigenvalue weighted by molar-refractivity contribution is -0.137. The maximum absolute atomic E-state index is 12.3. The van der Waals surface area contributed by atoms with Crippen molar-refractivity contribution in [2.24, 2.45) is 5.73 Å². The first-order valence-electron chi connectivity index (χ1n) is 4.70. The van der Waals surface area contributed by atoms with Crippen molar-refractivity contribution in [2.75, 3.05) is 0 Å². The first-order valence-corrected chi connectivity index (χ1v) is 5.11. The van der Waals surface area contributed by atoms with Crippen molar-refractivity contribution in [3.8, 4) is 0 Å². The summed E-state index contributed by atoms with van der Waals surface area (Å²) in [7, 11) is 0. The fraction of sp³-hybridized carbons (Fsp3) is 0.400. The lowest BCUT2D eigenvalue weighted by Crippen LogP contribution is -2.27. The quantitative estimate of drug-likeness (QED) is 0.814. The summed E-state index contributed by atoms with van der Waals surface area (Å²) in [6, 6.07) is 2.37. The van der Waals surface area contributed by atoms with E-state index in [1.165, 1.54) is 6.07 Å². The molecule has 0 aliphatic heterocycles. The van der Waals surface area contributed by atoms with Crippen molar-refractivity contribution in [3.63, 3.8) is 0 Å². The van der Waals surface area contributed by atoms with Gasteiger partial charge in [-0.3, -0.25) is 4.98 Å². The Morgan fingerprint density at radius 1 is 1.38 bits per heavy atom. The Morgan fingerprint density at radius 3 is 2.31 bits per heavy atom. The molecule has 0 saturated heterocycles. The maximum atomic E-state index is 12.3. The Balaban J connectivity index is 2.31. The molecule has 2 nitrogen and oxygen atoms in total. The van der Waals surface area contributed by atoms with E-state index in [2.05, 4.69) is 4.98 Å². The smallest absolute Gasteiger partial charge is 0.393 e. The van der Waals surface area contributed by atoms with Gasteiger partial charge >= 0.3 is 6.18 Å². The molecule has 0 radical (unpaired) electrons. The molecule has 0 spiro atoms. The zero-order valence-corrected chi connectivity index (χ0v) is 9.03. The third-order valence-electron chi connectivity index (χ3n) is 2.80. The number of nitrogens with zero attached hydrogens (tertiary/aromatic N) is 1. The van der Waals surface area contributed by atoms with E-state index < -0.39 is 17.2 Å². The van der Waals surface area contributed by atoms with E-state index >= 15 is 0 Å². The summed E-state index contributed by atoms with van der Waals surface area (Å²) < 4.78 is 36.9.